The lowest BCUT2D eigenvalue weighted by molar-refractivity contribution is 0.0894. The molecule has 0 aromatic heterocycles. The highest BCUT2D eigenvalue weighted by atomic mass is 79.9. The van der Waals surface area contributed by atoms with Crippen LogP contribution in [0.4, 0.5) is 14.3 Å². The number of ketones is 2. The molecule has 3 aromatic carbocycles. The minimum absolute atomic E-state index is 0.106. The second-order valence-electron chi connectivity index (χ2n) is 7.41. The number of hydrogen-bond acceptors (Lipinski definition) is 3. The van der Waals surface area contributed by atoms with Gasteiger partial charge in [-0.15, -0.1) is 0 Å². The first-order valence-electron chi connectivity index (χ1n) is 10.1. The van der Waals surface area contributed by atoms with Crippen LogP contribution in [0.3, 0.4) is 0 Å². The second-order valence-corrected chi connectivity index (χ2v) is 8.32. The van der Waals surface area contributed by atoms with Crippen LogP contribution >= 0.6 is 15.9 Å². The Morgan fingerprint density at radius 3 is 2.03 bits per heavy atom. The van der Waals surface area contributed by atoms with Crippen molar-refractivity contribution in [3.8, 4) is 0 Å². The van der Waals surface area contributed by atoms with E-state index in [1.165, 1.54) is 19.3 Å². The summed E-state index contributed by atoms with van der Waals surface area (Å²) in [6, 6.07) is 19.2. The van der Waals surface area contributed by atoms with Crippen LogP contribution < -0.4 is 4.90 Å². The van der Waals surface area contributed by atoms with Gasteiger partial charge < -0.3 is 4.90 Å². The third kappa shape index (κ3) is 6.23. The van der Waals surface area contributed by atoms with Crippen LogP contribution in [0.25, 0.3) is 10.8 Å². The SMILES string of the molecule is F[B]F.O=C(CC(=O)c1ccc2cc(Br)ccc2c1)c1ccc(N2CCCCC2)cc1. The fraction of sp³-hybridized carbons (Fsp3) is 0.250. The summed E-state index contributed by atoms with van der Waals surface area (Å²) in [4.78, 5) is 27.6. The van der Waals surface area contributed by atoms with Crippen LogP contribution in [0, 0.1) is 0 Å². The van der Waals surface area contributed by atoms with Crippen LogP contribution in [0.1, 0.15) is 46.4 Å². The molecule has 0 atom stereocenters. The Balaban J connectivity index is 0.000000858. The van der Waals surface area contributed by atoms with Crippen molar-refractivity contribution in [2.24, 2.45) is 0 Å². The maximum atomic E-state index is 12.6. The number of carbonyl (C=O) groups is 2. The van der Waals surface area contributed by atoms with E-state index in [-0.39, 0.29) is 18.0 Å². The van der Waals surface area contributed by atoms with Crippen molar-refractivity contribution in [2.75, 3.05) is 18.0 Å². The zero-order valence-corrected chi connectivity index (χ0v) is 18.6. The lowest BCUT2D eigenvalue weighted by Gasteiger charge is -2.28. The van der Waals surface area contributed by atoms with Gasteiger partial charge >= 0.3 is 7.83 Å². The van der Waals surface area contributed by atoms with Gasteiger partial charge in [0.25, 0.3) is 0 Å². The van der Waals surface area contributed by atoms with Crippen molar-refractivity contribution >= 4 is 51.8 Å². The van der Waals surface area contributed by atoms with Crippen LogP contribution in [-0.4, -0.2) is 32.5 Å². The fourth-order valence-corrected chi connectivity index (χ4v) is 4.13. The molecule has 0 amide bonds. The predicted octanol–water partition coefficient (Wildman–Crippen LogP) is 6.51. The highest BCUT2D eigenvalue weighted by Gasteiger charge is 2.16. The van der Waals surface area contributed by atoms with E-state index in [0.717, 1.165) is 34.0 Å². The first kappa shape index (κ1) is 23.1. The van der Waals surface area contributed by atoms with E-state index in [1.807, 2.05) is 54.6 Å². The van der Waals surface area contributed by atoms with Gasteiger partial charge in [-0.25, -0.2) is 0 Å². The molecule has 159 valence electrons. The van der Waals surface area contributed by atoms with Crippen molar-refractivity contribution in [1.29, 1.82) is 0 Å². The van der Waals surface area contributed by atoms with Crippen molar-refractivity contribution in [1.82, 2.24) is 0 Å². The zero-order chi connectivity index (χ0) is 22.2. The molecule has 1 fully saturated rings. The van der Waals surface area contributed by atoms with Gasteiger partial charge in [-0.1, -0.05) is 34.1 Å². The number of carbonyl (C=O) groups excluding carboxylic acids is 2. The molecule has 0 aliphatic carbocycles. The molecule has 1 heterocycles. The molecular formula is C24H22BBrF2NO2. The first-order chi connectivity index (χ1) is 15.0. The van der Waals surface area contributed by atoms with Crippen LogP contribution in [0.5, 0.6) is 0 Å². The zero-order valence-electron chi connectivity index (χ0n) is 17.0. The second kappa shape index (κ2) is 11.2. The number of hydrogen-bond donors (Lipinski definition) is 0. The number of nitrogens with zero attached hydrogens (tertiary/aromatic N) is 1. The molecule has 7 heteroatoms. The van der Waals surface area contributed by atoms with E-state index < -0.39 is 7.83 Å². The maximum Gasteiger partial charge on any atom is 0.577 e. The molecule has 31 heavy (non-hydrogen) atoms. The smallest absolute Gasteiger partial charge is 0.372 e. The molecule has 3 aromatic rings. The Bertz CT molecular complexity index is 1050. The van der Waals surface area contributed by atoms with E-state index in [1.54, 1.807) is 6.07 Å². The average Bonchev–Trinajstić information content (AvgIpc) is 2.80. The summed E-state index contributed by atoms with van der Waals surface area (Å²) in [5.41, 5.74) is 2.33. The van der Waals surface area contributed by atoms with Gasteiger partial charge in [0.05, 0.1) is 6.42 Å². The summed E-state index contributed by atoms with van der Waals surface area (Å²) < 4.78 is 20.0. The van der Waals surface area contributed by atoms with Crippen LogP contribution in [0.15, 0.2) is 65.1 Å². The Hall–Kier alpha value is -2.54. The molecule has 0 saturated carbocycles. The lowest BCUT2D eigenvalue weighted by Crippen LogP contribution is -2.29. The van der Waals surface area contributed by atoms with E-state index in [4.69, 9.17) is 0 Å². The summed E-state index contributed by atoms with van der Waals surface area (Å²) in [6.45, 7) is 2.15. The van der Waals surface area contributed by atoms with Crippen molar-refractivity contribution in [2.45, 2.75) is 25.7 Å². The molecule has 1 saturated heterocycles. The molecule has 0 N–H and O–H groups in total. The van der Waals surface area contributed by atoms with Gasteiger partial charge in [0.15, 0.2) is 11.6 Å². The lowest BCUT2D eigenvalue weighted by atomic mass is 9.99. The molecule has 0 spiro atoms. The number of piperidine rings is 1. The number of fused-ring (bicyclic) bond motifs is 1. The quantitative estimate of drug-likeness (QED) is 0.235. The van der Waals surface area contributed by atoms with E-state index in [9.17, 15) is 18.2 Å². The normalized spacial score (nSPS) is 13.3. The minimum Gasteiger partial charge on any atom is -0.372 e. The van der Waals surface area contributed by atoms with E-state index in [2.05, 4.69) is 20.8 Å². The average molecular weight is 485 g/mol. The largest absolute Gasteiger partial charge is 0.577 e. The van der Waals surface area contributed by atoms with Crippen LogP contribution in [0.2, 0.25) is 0 Å². The van der Waals surface area contributed by atoms with Gasteiger partial charge in [0, 0.05) is 34.4 Å². The highest BCUT2D eigenvalue weighted by Crippen LogP contribution is 2.23. The van der Waals surface area contributed by atoms with Gasteiger partial charge in [0.1, 0.15) is 0 Å². The molecule has 0 unspecified atom stereocenters. The van der Waals surface area contributed by atoms with Gasteiger partial charge in [-0.2, -0.15) is 0 Å². The topological polar surface area (TPSA) is 37.4 Å². The molecule has 0 bridgehead atoms. The van der Waals surface area contributed by atoms with Gasteiger partial charge in [-0.05, 0) is 72.5 Å². The molecule has 1 aliphatic rings. The van der Waals surface area contributed by atoms with Crippen molar-refractivity contribution < 1.29 is 18.2 Å². The summed E-state index contributed by atoms with van der Waals surface area (Å²) in [7, 11) is -1.00. The van der Waals surface area contributed by atoms with Gasteiger partial charge in [0.2, 0.25) is 0 Å². The number of benzene rings is 3. The Morgan fingerprint density at radius 1 is 0.806 bits per heavy atom. The van der Waals surface area contributed by atoms with E-state index >= 15 is 0 Å². The number of anilines is 1. The standard InChI is InChI=1S/C24H22BrNO2.BF2/c25-21-9-6-18-14-20(5-4-19(18)15-21)24(28)16-23(27)17-7-10-22(11-8-17)26-12-2-1-3-13-26;2-1-3/h4-11,14-15H,1-3,12-13,16H2;. The van der Waals surface area contributed by atoms with Crippen molar-refractivity contribution in [3.05, 3.63) is 76.3 Å². The molecule has 3 nitrogen and oxygen atoms in total. The van der Waals surface area contributed by atoms with Crippen molar-refractivity contribution in [3.63, 3.8) is 0 Å². The Morgan fingerprint density at radius 2 is 1.35 bits per heavy atom. The maximum absolute atomic E-state index is 12.6. The Labute approximate surface area is 189 Å². The molecule has 1 radical (unpaired) electrons. The highest BCUT2D eigenvalue weighted by molar-refractivity contribution is 9.10. The first-order valence-corrected chi connectivity index (χ1v) is 10.9. The summed E-state index contributed by atoms with van der Waals surface area (Å²) in [5, 5.41) is 2.05. The molecular weight excluding hydrogens is 463 g/mol. The monoisotopic (exact) mass is 484 g/mol. The third-order valence-electron chi connectivity index (χ3n) is 5.36. The molecule has 1 aliphatic heterocycles. The number of halogens is 3. The van der Waals surface area contributed by atoms with Crippen LogP contribution in [-0.2, 0) is 0 Å². The fourth-order valence-electron chi connectivity index (χ4n) is 3.75. The third-order valence-corrected chi connectivity index (χ3v) is 5.85. The summed E-state index contributed by atoms with van der Waals surface area (Å²) >= 11 is 3.45. The minimum atomic E-state index is -1.00. The predicted molar refractivity (Wildman–Crippen MR) is 125 cm³/mol. The molecule has 4 rings (SSSR count). The number of Topliss-reactive ketones (excluding diaryl/α,β-unsaturated/α-hetero) is 2. The van der Waals surface area contributed by atoms with E-state index in [0.29, 0.717) is 11.1 Å². The van der Waals surface area contributed by atoms with Gasteiger partial charge in [-0.3, -0.25) is 18.2 Å². The number of rotatable bonds is 5. The Kier molecular flexibility index (Phi) is 8.35. The summed E-state index contributed by atoms with van der Waals surface area (Å²) in [5.74, 6) is -0.277. The summed E-state index contributed by atoms with van der Waals surface area (Å²) in [6.07, 6.45) is 3.63.